The van der Waals surface area contributed by atoms with E-state index in [1.807, 2.05) is 12.1 Å². The number of sulfonamides is 1. The lowest BCUT2D eigenvalue weighted by molar-refractivity contribution is -0.137. The zero-order valence-corrected chi connectivity index (χ0v) is 28.3. The average molecular weight is 696 g/mol. The first kappa shape index (κ1) is 33.6. The highest BCUT2D eigenvalue weighted by Gasteiger charge is 2.36. The van der Waals surface area contributed by atoms with E-state index in [2.05, 4.69) is 39.7 Å². The Morgan fingerprint density at radius 2 is 1.67 bits per heavy atom. The molecule has 3 aliphatic heterocycles. The summed E-state index contributed by atoms with van der Waals surface area (Å²) < 4.78 is 71.2. The van der Waals surface area contributed by atoms with Crippen LogP contribution in [0.25, 0.3) is 22.2 Å². The number of hydrogen-bond acceptors (Lipinski definition) is 8. The van der Waals surface area contributed by atoms with E-state index in [-0.39, 0.29) is 41.9 Å². The van der Waals surface area contributed by atoms with E-state index in [9.17, 15) is 26.4 Å². The molecule has 4 aromatic rings. The van der Waals surface area contributed by atoms with Crippen LogP contribution in [0.4, 0.5) is 24.8 Å². The molecule has 0 amide bonds. The minimum absolute atomic E-state index is 0.103. The van der Waals surface area contributed by atoms with Gasteiger partial charge in [-0.15, -0.1) is 0 Å². The van der Waals surface area contributed by atoms with Crippen molar-refractivity contribution >= 4 is 32.7 Å². The van der Waals surface area contributed by atoms with Crippen molar-refractivity contribution in [2.45, 2.75) is 56.3 Å². The van der Waals surface area contributed by atoms with Gasteiger partial charge in [0.1, 0.15) is 5.65 Å². The quantitative estimate of drug-likeness (QED) is 0.255. The molecule has 3 aliphatic rings. The van der Waals surface area contributed by atoms with Crippen molar-refractivity contribution in [3.05, 3.63) is 81.8 Å². The maximum Gasteiger partial charge on any atom is 0.417 e. The Hall–Kier alpha value is -3.85. The second-order valence-electron chi connectivity index (χ2n) is 13.5. The summed E-state index contributed by atoms with van der Waals surface area (Å²) in [5.74, 6) is 0.710. The Labute approximate surface area is 283 Å². The van der Waals surface area contributed by atoms with Gasteiger partial charge in [0.25, 0.3) is 5.56 Å². The van der Waals surface area contributed by atoms with E-state index in [1.165, 1.54) is 32.8 Å². The molecule has 0 radical (unpaired) electrons. The molecule has 2 aromatic carbocycles. The van der Waals surface area contributed by atoms with Crippen molar-refractivity contribution in [1.29, 1.82) is 0 Å². The number of halogens is 3. The van der Waals surface area contributed by atoms with Crippen molar-refractivity contribution in [2.75, 3.05) is 51.3 Å². The fourth-order valence-electron chi connectivity index (χ4n) is 7.54. The van der Waals surface area contributed by atoms with Gasteiger partial charge in [0, 0.05) is 54.6 Å². The number of hydrogen-bond donors (Lipinski definition) is 2. The number of benzene rings is 2. The Kier molecular flexibility index (Phi) is 9.01. The average Bonchev–Trinajstić information content (AvgIpc) is 3.77. The van der Waals surface area contributed by atoms with E-state index in [4.69, 9.17) is 4.98 Å². The van der Waals surface area contributed by atoms with Crippen LogP contribution in [0, 0.1) is 0 Å². The van der Waals surface area contributed by atoms with Gasteiger partial charge in [-0.3, -0.25) is 9.36 Å². The van der Waals surface area contributed by atoms with Crippen LogP contribution in [0.1, 0.15) is 66.8 Å². The monoisotopic (exact) mass is 695 g/mol. The van der Waals surface area contributed by atoms with E-state index in [1.54, 1.807) is 6.07 Å². The lowest BCUT2D eigenvalue weighted by Crippen LogP contribution is -2.40. The molecule has 3 fully saturated rings. The molecule has 0 saturated carbocycles. The van der Waals surface area contributed by atoms with Crippen LogP contribution in [-0.2, 0) is 16.2 Å². The number of alkyl halides is 3. The molecule has 260 valence electrons. The van der Waals surface area contributed by atoms with E-state index >= 15 is 0 Å². The van der Waals surface area contributed by atoms with E-state index < -0.39 is 33.4 Å². The number of nitrogens with zero attached hydrogens (tertiary/aromatic N) is 5. The van der Waals surface area contributed by atoms with Crippen molar-refractivity contribution in [1.82, 2.24) is 29.1 Å². The predicted octanol–water partition coefficient (Wildman–Crippen LogP) is 5.66. The summed E-state index contributed by atoms with van der Waals surface area (Å²) in [5, 5.41) is 6.87. The summed E-state index contributed by atoms with van der Waals surface area (Å²) in [6.07, 6.45) is 1.27. The van der Waals surface area contributed by atoms with Crippen molar-refractivity contribution < 1.29 is 21.6 Å². The van der Waals surface area contributed by atoms with E-state index in [0.29, 0.717) is 29.7 Å². The molecule has 14 heteroatoms. The number of anilines is 2. The van der Waals surface area contributed by atoms with Gasteiger partial charge in [0.15, 0.2) is 0 Å². The molecule has 2 unspecified atom stereocenters. The van der Waals surface area contributed by atoms with E-state index in [0.717, 1.165) is 56.9 Å². The van der Waals surface area contributed by atoms with Crippen LogP contribution in [0.15, 0.2) is 59.5 Å². The third kappa shape index (κ3) is 6.96. The van der Waals surface area contributed by atoms with Gasteiger partial charge in [-0.2, -0.15) is 18.2 Å². The molecule has 7 rings (SSSR count). The second kappa shape index (κ2) is 13.1. The van der Waals surface area contributed by atoms with Crippen LogP contribution >= 0.6 is 0 Å². The first-order chi connectivity index (χ1) is 23.3. The van der Waals surface area contributed by atoms with Gasteiger partial charge in [0.05, 0.1) is 11.8 Å². The van der Waals surface area contributed by atoms with Gasteiger partial charge in [0.2, 0.25) is 16.0 Å². The molecule has 2 N–H and O–H groups in total. The van der Waals surface area contributed by atoms with Crippen molar-refractivity contribution in [3.63, 3.8) is 0 Å². The fraction of sp³-hybridized carbons (Fsp3) is 0.457. The molecule has 2 atom stereocenters. The first-order valence-electron chi connectivity index (χ1n) is 16.7. The van der Waals surface area contributed by atoms with Gasteiger partial charge in [-0.25, -0.2) is 17.7 Å². The molecule has 0 spiro atoms. The van der Waals surface area contributed by atoms with Crippen molar-refractivity contribution in [3.8, 4) is 11.1 Å². The van der Waals surface area contributed by atoms with Crippen LogP contribution in [0.2, 0.25) is 0 Å². The summed E-state index contributed by atoms with van der Waals surface area (Å²) in [4.78, 5) is 25.9. The van der Waals surface area contributed by atoms with Gasteiger partial charge in [-0.1, -0.05) is 24.3 Å². The number of fused-ring (bicyclic) bond motifs is 1. The highest BCUT2D eigenvalue weighted by molar-refractivity contribution is 7.88. The number of nitrogens with one attached hydrogen (secondary N) is 2. The maximum atomic E-state index is 14.6. The molecule has 49 heavy (non-hydrogen) atoms. The molecular weight excluding hydrogens is 655 g/mol. The molecule has 10 nitrogen and oxygen atoms in total. The third-order valence-corrected chi connectivity index (χ3v) is 11.5. The Balaban J connectivity index is 1.29. The highest BCUT2D eigenvalue weighted by Crippen LogP contribution is 2.40. The number of rotatable bonds is 7. The number of likely N-dealkylation sites (N-methyl/N-ethyl adjacent to an activating group) is 1. The summed E-state index contributed by atoms with van der Waals surface area (Å²) in [6, 6.07) is 13.1. The normalized spacial score (nSPS) is 21.5. The Morgan fingerprint density at radius 3 is 2.31 bits per heavy atom. The van der Waals surface area contributed by atoms with Crippen LogP contribution < -0.4 is 16.2 Å². The minimum Gasteiger partial charge on any atom is -0.324 e. The van der Waals surface area contributed by atoms with Gasteiger partial charge >= 0.3 is 6.18 Å². The molecular formula is C35H40F3N7O3S. The van der Waals surface area contributed by atoms with Crippen LogP contribution in [-0.4, -0.2) is 78.2 Å². The third-order valence-electron chi connectivity index (χ3n) is 10.2. The number of likely N-dealkylation sites (tertiary alicyclic amines) is 1. The Morgan fingerprint density at radius 1 is 0.939 bits per heavy atom. The Bertz CT molecular complexity index is 2020. The second-order valence-corrected chi connectivity index (χ2v) is 15.5. The van der Waals surface area contributed by atoms with Crippen molar-refractivity contribution in [2.24, 2.45) is 0 Å². The largest absolute Gasteiger partial charge is 0.417 e. The summed E-state index contributed by atoms with van der Waals surface area (Å²) in [7, 11) is -1.33. The maximum absolute atomic E-state index is 14.6. The van der Waals surface area contributed by atoms with Gasteiger partial charge < -0.3 is 15.5 Å². The summed E-state index contributed by atoms with van der Waals surface area (Å²) >= 11 is 0. The van der Waals surface area contributed by atoms with Crippen LogP contribution in [0.5, 0.6) is 0 Å². The highest BCUT2D eigenvalue weighted by atomic mass is 32.2. The lowest BCUT2D eigenvalue weighted by atomic mass is 9.94. The number of aromatic nitrogens is 3. The predicted molar refractivity (Wildman–Crippen MR) is 183 cm³/mol. The summed E-state index contributed by atoms with van der Waals surface area (Å²) in [6.45, 7) is 3.17. The minimum atomic E-state index is -4.70. The standard InChI is InChI=1S/C35H40F3N7O3S/c1-43-15-11-24(21-43)22-5-8-26(9-6-22)41-34-40-20-25-18-29(28-10-7-23(31-4-3-14-39-31)19-30(28)35(36,37)38)33(46)45(32(25)42-34)27-12-16-44(17-13-27)49(2,47)48/h5-10,18-20,24,27,31,39H,3-4,11-17,21H2,1-2H3,(H,40,41,42). The fourth-order valence-corrected chi connectivity index (χ4v) is 8.41. The lowest BCUT2D eigenvalue weighted by Gasteiger charge is -2.32. The SMILES string of the molecule is CN1CCC(c2ccc(Nc3ncc4cc(-c5ccc(C6CCCN6)cc5C(F)(F)F)c(=O)n(C5CCN(S(C)(=O)=O)CC5)c4n3)cc2)C1. The summed E-state index contributed by atoms with van der Waals surface area (Å²) in [5.41, 5.74) is 1.02. The molecule has 3 saturated heterocycles. The number of piperidine rings is 1. The van der Waals surface area contributed by atoms with Gasteiger partial charge in [-0.05, 0) is 99.1 Å². The zero-order chi connectivity index (χ0) is 34.5. The molecule has 0 aliphatic carbocycles. The van der Waals surface area contributed by atoms with Crippen LogP contribution in [0.3, 0.4) is 0 Å². The molecule has 5 heterocycles. The zero-order valence-electron chi connectivity index (χ0n) is 27.5. The number of pyridine rings is 1. The molecule has 2 aromatic heterocycles. The molecule has 0 bridgehead atoms. The topological polar surface area (TPSA) is 112 Å². The first-order valence-corrected chi connectivity index (χ1v) is 18.6. The smallest absolute Gasteiger partial charge is 0.324 e.